The lowest BCUT2D eigenvalue weighted by Crippen LogP contribution is -2.39. The number of aromatic nitrogens is 2. The van der Waals surface area contributed by atoms with Crippen molar-refractivity contribution in [2.45, 2.75) is 25.8 Å². The average molecular weight is 344 g/mol. The fourth-order valence-corrected chi connectivity index (χ4v) is 2.98. The van der Waals surface area contributed by atoms with Gasteiger partial charge in [0.15, 0.2) is 0 Å². The number of primary amides is 1. The Bertz CT molecular complexity index is 788. The first-order valence-corrected chi connectivity index (χ1v) is 8.25. The number of anilines is 2. The molecule has 0 unspecified atom stereocenters. The fraction of sp³-hybridized carbons (Fsp3) is 0.267. The molecule has 0 spiro atoms. The molecule has 24 heavy (non-hydrogen) atoms. The van der Waals surface area contributed by atoms with Crippen LogP contribution in [-0.2, 0) is 16.0 Å². The first kappa shape index (κ1) is 16.1. The quantitative estimate of drug-likeness (QED) is 0.845. The van der Waals surface area contributed by atoms with Crippen molar-refractivity contribution in [2.24, 2.45) is 10.8 Å². The Balaban J connectivity index is 1.79. The van der Waals surface area contributed by atoms with E-state index < -0.39 is 17.9 Å². The van der Waals surface area contributed by atoms with Gasteiger partial charge in [-0.15, -0.1) is 10.2 Å². The number of amides is 2. The standard InChI is InChI=1S/C15H16N6O2S/c1-2-12-18-19-15(24-12)17-14(23)10-8-11(13(16)22)21(20-10)9-6-4-3-5-7-9/h3-7,11H,2,8H2,1H3,(H2,16,22)(H,17,19,23)/t11-/m0/s1. The van der Waals surface area contributed by atoms with Gasteiger partial charge in [0.1, 0.15) is 16.8 Å². The van der Waals surface area contributed by atoms with E-state index >= 15 is 0 Å². The number of rotatable bonds is 5. The second kappa shape index (κ2) is 6.75. The number of hydrogen-bond acceptors (Lipinski definition) is 7. The van der Waals surface area contributed by atoms with Crippen molar-refractivity contribution >= 4 is 39.7 Å². The number of nitrogens with two attached hydrogens (primary N) is 1. The molecule has 2 heterocycles. The molecule has 1 aromatic carbocycles. The van der Waals surface area contributed by atoms with Gasteiger partial charge in [-0.25, -0.2) is 0 Å². The minimum atomic E-state index is -0.686. The third-order valence-corrected chi connectivity index (χ3v) is 4.49. The van der Waals surface area contributed by atoms with E-state index in [1.807, 2.05) is 25.1 Å². The second-order valence-corrected chi connectivity index (χ2v) is 6.22. The van der Waals surface area contributed by atoms with Gasteiger partial charge in [-0.1, -0.05) is 36.5 Å². The van der Waals surface area contributed by atoms with Gasteiger partial charge in [-0.05, 0) is 18.6 Å². The zero-order valence-corrected chi connectivity index (χ0v) is 13.8. The molecule has 2 amide bonds. The number of carbonyl (C=O) groups excluding carboxylic acids is 2. The fourth-order valence-electron chi connectivity index (χ4n) is 2.30. The highest BCUT2D eigenvalue weighted by molar-refractivity contribution is 7.15. The van der Waals surface area contributed by atoms with Crippen LogP contribution in [-0.4, -0.2) is 33.8 Å². The number of hydrogen-bond donors (Lipinski definition) is 2. The van der Waals surface area contributed by atoms with Crippen LogP contribution < -0.4 is 16.1 Å². The summed E-state index contributed by atoms with van der Waals surface area (Å²) in [5.74, 6) is -0.937. The van der Waals surface area contributed by atoms with E-state index in [9.17, 15) is 9.59 Å². The highest BCUT2D eigenvalue weighted by Crippen LogP contribution is 2.25. The highest BCUT2D eigenvalue weighted by Gasteiger charge is 2.35. The molecule has 3 rings (SSSR count). The molecule has 1 aliphatic heterocycles. The summed E-state index contributed by atoms with van der Waals surface area (Å²) in [5, 5.41) is 17.5. The van der Waals surface area contributed by atoms with Crippen LogP contribution in [0.4, 0.5) is 10.8 Å². The lowest BCUT2D eigenvalue weighted by molar-refractivity contribution is -0.119. The van der Waals surface area contributed by atoms with Crippen molar-refractivity contribution in [3.8, 4) is 0 Å². The number of para-hydroxylation sites is 1. The Morgan fingerprint density at radius 2 is 2.08 bits per heavy atom. The summed E-state index contributed by atoms with van der Waals surface area (Å²) in [5.41, 5.74) is 6.39. The van der Waals surface area contributed by atoms with Crippen molar-refractivity contribution in [2.75, 3.05) is 10.3 Å². The van der Waals surface area contributed by atoms with Gasteiger partial charge in [0.25, 0.3) is 5.91 Å². The van der Waals surface area contributed by atoms with Crippen LogP contribution in [0.25, 0.3) is 0 Å². The Hall–Kier alpha value is -2.81. The van der Waals surface area contributed by atoms with Gasteiger partial charge in [0.2, 0.25) is 11.0 Å². The van der Waals surface area contributed by atoms with Gasteiger partial charge >= 0.3 is 0 Å². The zero-order chi connectivity index (χ0) is 17.1. The normalized spacial score (nSPS) is 16.8. The molecular formula is C15H16N6O2S. The van der Waals surface area contributed by atoms with E-state index in [4.69, 9.17) is 5.73 Å². The lowest BCUT2D eigenvalue weighted by atomic mass is 10.1. The summed E-state index contributed by atoms with van der Waals surface area (Å²) < 4.78 is 0. The molecule has 9 heteroatoms. The van der Waals surface area contributed by atoms with Crippen LogP contribution in [0.3, 0.4) is 0 Å². The number of hydrazone groups is 1. The van der Waals surface area contributed by atoms with Gasteiger partial charge in [0.05, 0.1) is 5.69 Å². The topological polar surface area (TPSA) is 114 Å². The number of nitrogens with one attached hydrogen (secondary N) is 1. The van der Waals surface area contributed by atoms with Gasteiger partial charge in [0, 0.05) is 6.42 Å². The molecule has 2 aromatic rings. The first-order valence-electron chi connectivity index (χ1n) is 7.43. The highest BCUT2D eigenvalue weighted by atomic mass is 32.1. The van der Waals surface area contributed by atoms with E-state index in [0.717, 1.165) is 11.4 Å². The van der Waals surface area contributed by atoms with Crippen LogP contribution in [0.15, 0.2) is 35.4 Å². The molecule has 124 valence electrons. The molecule has 0 saturated heterocycles. The maximum atomic E-state index is 12.4. The largest absolute Gasteiger partial charge is 0.368 e. The van der Waals surface area contributed by atoms with E-state index in [1.54, 1.807) is 12.1 Å². The molecule has 0 radical (unpaired) electrons. The molecule has 0 fully saturated rings. The van der Waals surface area contributed by atoms with Crippen molar-refractivity contribution < 1.29 is 9.59 Å². The Labute approximate surface area is 142 Å². The Morgan fingerprint density at radius 1 is 1.33 bits per heavy atom. The molecule has 0 aliphatic carbocycles. The van der Waals surface area contributed by atoms with E-state index in [-0.39, 0.29) is 12.1 Å². The summed E-state index contributed by atoms with van der Waals surface area (Å²) >= 11 is 1.31. The van der Waals surface area contributed by atoms with Crippen molar-refractivity contribution in [3.63, 3.8) is 0 Å². The van der Waals surface area contributed by atoms with Crippen molar-refractivity contribution in [1.82, 2.24) is 10.2 Å². The minimum absolute atomic E-state index is 0.148. The van der Waals surface area contributed by atoms with Crippen LogP contribution in [0.1, 0.15) is 18.4 Å². The third kappa shape index (κ3) is 3.25. The lowest BCUT2D eigenvalue weighted by Gasteiger charge is -2.20. The van der Waals surface area contributed by atoms with Crippen LogP contribution in [0.2, 0.25) is 0 Å². The second-order valence-electron chi connectivity index (χ2n) is 5.16. The minimum Gasteiger partial charge on any atom is -0.368 e. The number of nitrogens with zero attached hydrogens (tertiary/aromatic N) is 4. The van der Waals surface area contributed by atoms with E-state index in [1.165, 1.54) is 16.3 Å². The summed E-state index contributed by atoms with van der Waals surface area (Å²) in [4.78, 5) is 24.1. The molecule has 0 saturated carbocycles. The molecule has 1 aromatic heterocycles. The average Bonchev–Trinajstić information content (AvgIpc) is 3.22. The van der Waals surface area contributed by atoms with Crippen molar-refractivity contribution in [1.29, 1.82) is 0 Å². The zero-order valence-electron chi connectivity index (χ0n) is 13.0. The van der Waals surface area contributed by atoms with Gasteiger partial charge in [-0.3, -0.25) is 19.9 Å². The molecule has 1 aliphatic rings. The van der Waals surface area contributed by atoms with Crippen LogP contribution >= 0.6 is 11.3 Å². The third-order valence-electron chi connectivity index (χ3n) is 3.51. The maximum Gasteiger partial charge on any atom is 0.273 e. The van der Waals surface area contributed by atoms with E-state index in [2.05, 4.69) is 20.6 Å². The monoisotopic (exact) mass is 344 g/mol. The molecule has 0 bridgehead atoms. The number of benzene rings is 1. The smallest absolute Gasteiger partial charge is 0.273 e. The number of aryl methyl sites for hydroxylation is 1. The van der Waals surface area contributed by atoms with Gasteiger partial charge < -0.3 is 5.73 Å². The summed E-state index contributed by atoms with van der Waals surface area (Å²) in [6, 6.07) is 8.44. The Morgan fingerprint density at radius 3 is 2.71 bits per heavy atom. The molecule has 3 N–H and O–H groups in total. The molecular weight excluding hydrogens is 328 g/mol. The molecule has 8 nitrogen and oxygen atoms in total. The Kier molecular flexibility index (Phi) is 4.52. The SMILES string of the molecule is CCc1nnc(NC(=O)C2=NN(c3ccccc3)[C@H](C(N)=O)C2)s1. The summed E-state index contributed by atoms with van der Waals surface area (Å²) in [7, 11) is 0. The molecule has 1 atom stereocenters. The predicted octanol–water partition coefficient (Wildman–Crippen LogP) is 1.16. The summed E-state index contributed by atoms with van der Waals surface area (Å²) in [6.07, 6.45) is 0.898. The maximum absolute atomic E-state index is 12.4. The van der Waals surface area contributed by atoms with E-state index in [0.29, 0.717) is 10.8 Å². The van der Waals surface area contributed by atoms with Crippen LogP contribution in [0, 0.1) is 0 Å². The summed E-state index contributed by atoms with van der Waals surface area (Å²) in [6.45, 7) is 1.96. The number of carbonyl (C=O) groups is 2. The predicted molar refractivity (Wildman–Crippen MR) is 91.9 cm³/mol. The van der Waals surface area contributed by atoms with Crippen molar-refractivity contribution in [3.05, 3.63) is 35.3 Å². The first-order chi connectivity index (χ1) is 11.6. The van der Waals surface area contributed by atoms with Crippen LogP contribution in [0.5, 0.6) is 0 Å². The van der Waals surface area contributed by atoms with Gasteiger partial charge in [-0.2, -0.15) is 5.10 Å².